The van der Waals surface area contributed by atoms with Crippen LogP contribution in [0, 0.1) is 0 Å². The molecule has 0 unspecified atom stereocenters. The number of carbonyl (C=O) groups is 6. The molecule has 18 nitrogen and oxygen atoms in total. The molecule has 0 bridgehead atoms. The summed E-state index contributed by atoms with van der Waals surface area (Å²) in [4.78, 5) is 79.6. The first-order chi connectivity index (χ1) is 44.8. The normalized spacial score (nSPS) is 12.7. The summed E-state index contributed by atoms with van der Waals surface area (Å²) >= 11 is 6.90. The quantitative estimate of drug-likeness (QED) is 0.0106. The van der Waals surface area contributed by atoms with Crippen molar-refractivity contribution >= 4 is 55.0 Å². The van der Waals surface area contributed by atoms with E-state index in [2.05, 4.69) is 21.3 Å². The van der Waals surface area contributed by atoms with Gasteiger partial charge in [-0.15, -0.1) is 0 Å². The second kappa shape index (κ2) is 43.1. The summed E-state index contributed by atoms with van der Waals surface area (Å²) < 4.78 is 54.1. The first-order valence-corrected chi connectivity index (χ1v) is 36.2. The van der Waals surface area contributed by atoms with Crippen molar-refractivity contribution in [2.45, 2.75) is 238 Å². The molecule has 4 aromatic rings. The van der Waals surface area contributed by atoms with Crippen LogP contribution in [-0.2, 0) is 73.5 Å². The van der Waals surface area contributed by atoms with Gasteiger partial charge in [-0.2, -0.15) is 0 Å². The summed E-state index contributed by atoms with van der Waals surface area (Å²) in [5, 5.41) is 11.5. The number of hydrogen-bond acceptors (Lipinski definition) is 14. The molecule has 0 saturated carbocycles. The molecule has 20 heteroatoms. The highest BCUT2D eigenvalue weighted by Crippen LogP contribution is 2.55. The predicted octanol–water partition coefficient (Wildman–Crippen LogP) is 15.6. The summed E-state index contributed by atoms with van der Waals surface area (Å²) in [5.74, 6) is -2.21. The van der Waals surface area contributed by atoms with Gasteiger partial charge in [0.25, 0.3) is 0 Å². The number of unbranched alkanes of at least 4 members (excludes halogenated alkanes) is 15. The molecule has 0 aliphatic heterocycles. The lowest BCUT2D eigenvalue weighted by Gasteiger charge is -2.37. The maximum Gasteiger partial charge on any atom is 0.408 e. The van der Waals surface area contributed by atoms with Gasteiger partial charge < -0.3 is 54.0 Å². The average molecular weight is 1350 g/mol. The van der Waals surface area contributed by atoms with E-state index in [4.69, 9.17) is 44.3 Å². The molecular formula is C74H110ClN4O14P. The third-order valence-corrected chi connectivity index (χ3v) is 17.8. The minimum atomic E-state index is -3.16. The molecule has 4 amide bonds. The molecule has 94 heavy (non-hydrogen) atoms. The number of rotatable bonds is 46. The Hall–Kier alpha value is -6.14. The summed E-state index contributed by atoms with van der Waals surface area (Å²) in [7, 11) is -3.16. The van der Waals surface area contributed by atoms with E-state index in [1.54, 1.807) is 32.9 Å². The van der Waals surface area contributed by atoms with Gasteiger partial charge in [-0.05, 0) is 112 Å². The second-order valence-corrected chi connectivity index (χ2v) is 29.4. The maximum absolute atomic E-state index is 14.6. The lowest BCUT2D eigenvalue weighted by Crippen LogP contribution is -2.46. The van der Waals surface area contributed by atoms with E-state index in [0.717, 1.165) is 44.1 Å². The molecule has 4 N–H and O–H groups in total. The zero-order valence-corrected chi connectivity index (χ0v) is 59.3. The van der Waals surface area contributed by atoms with Crippen molar-refractivity contribution in [2.24, 2.45) is 0 Å². The van der Waals surface area contributed by atoms with Gasteiger partial charge in [-0.25, -0.2) is 14.4 Å². The monoisotopic (exact) mass is 1340 g/mol. The highest BCUT2D eigenvalue weighted by atomic mass is 35.5. The third-order valence-electron chi connectivity index (χ3n) is 14.9. The van der Waals surface area contributed by atoms with E-state index < -0.39 is 60.1 Å². The van der Waals surface area contributed by atoms with Crippen LogP contribution in [0.5, 0.6) is 0 Å². The van der Waals surface area contributed by atoms with E-state index in [1.807, 2.05) is 145 Å². The largest absolute Gasteiger partial charge is 0.458 e. The minimum Gasteiger partial charge on any atom is -0.458 e. The number of esters is 2. The fourth-order valence-corrected chi connectivity index (χ4v) is 13.4. The molecule has 0 heterocycles. The molecule has 0 fully saturated rings. The zero-order valence-electron chi connectivity index (χ0n) is 57.7. The van der Waals surface area contributed by atoms with Gasteiger partial charge in [0.2, 0.25) is 17.7 Å². The lowest BCUT2D eigenvalue weighted by atomic mass is 9.80. The van der Waals surface area contributed by atoms with Crippen LogP contribution < -0.4 is 21.3 Å². The Morgan fingerprint density at radius 3 is 1.48 bits per heavy atom. The summed E-state index contributed by atoms with van der Waals surface area (Å²) in [6, 6.07) is 32.8. The number of carbonyl (C=O) groups excluding carboxylic acids is 6. The molecule has 0 aliphatic rings. The van der Waals surface area contributed by atoms with Crippen LogP contribution in [0.3, 0.4) is 0 Å². The third kappa shape index (κ3) is 34.0. The molecule has 4 rings (SSSR count). The van der Waals surface area contributed by atoms with Gasteiger partial charge in [0.05, 0.1) is 37.2 Å². The van der Waals surface area contributed by atoms with E-state index in [9.17, 15) is 33.3 Å². The highest BCUT2D eigenvalue weighted by Gasteiger charge is 2.44. The Kier molecular flexibility index (Phi) is 36.8. The fourth-order valence-electron chi connectivity index (χ4n) is 10.6. The standard InChI is InChI=1S/C74H110ClN4O14P/c1-71(2,3)90-68(83)64(78-66(81)47-32-21-19-17-15-13-11-10-12-14-16-18-20-22-37-55-94(86,92-72(4,5)6)93-73(7,8)9)48-49-65(80)77-51-52-87-53-54-88-57-67(82)76-50-36-35-46-63(79-70(85)89-56-58-38-26-23-27-39-58)69(84)91-74(59-40-28-24-29-41-59,60-42-30-25-31-43-60)61-44-33-34-45-62(61)75/h23-31,33-34,38-45,63-64H,10-22,32,35-37,46-57H2,1-9H3,(H,76,82)(H,77,80)(H,78,81)(H,79,85)/t63-,64-/m0/s1. The molecule has 4 aromatic carbocycles. The lowest BCUT2D eigenvalue weighted by molar-refractivity contribution is -0.159. The van der Waals surface area contributed by atoms with Gasteiger partial charge >= 0.3 is 25.6 Å². The van der Waals surface area contributed by atoms with E-state index in [1.165, 1.54) is 51.4 Å². The summed E-state index contributed by atoms with van der Waals surface area (Å²) in [6.07, 6.45) is 17.6. The van der Waals surface area contributed by atoms with Gasteiger partial charge in [0.1, 0.15) is 30.9 Å². The van der Waals surface area contributed by atoms with Gasteiger partial charge in [0, 0.05) is 47.6 Å². The van der Waals surface area contributed by atoms with Crippen LogP contribution in [0.4, 0.5) is 4.79 Å². The summed E-state index contributed by atoms with van der Waals surface area (Å²) in [5.41, 5.74) is -0.723. The van der Waals surface area contributed by atoms with Crippen molar-refractivity contribution in [3.05, 3.63) is 143 Å². The topological polar surface area (TPSA) is 232 Å². The van der Waals surface area contributed by atoms with E-state index in [0.29, 0.717) is 47.1 Å². The molecule has 0 aromatic heterocycles. The Bertz CT molecular complexity index is 2820. The van der Waals surface area contributed by atoms with Crippen molar-refractivity contribution in [3.8, 4) is 0 Å². The fraction of sp³-hybridized carbons (Fsp3) is 0.595. The predicted molar refractivity (Wildman–Crippen MR) is 370 cm³/mol. The van der Waals surface area contributed by atoms with Gasteiger partial charge in [-0.1, -0.05) is 204 Å². The Balaban J connectivity index is 1.08. The zero-order chi connectivity index (χ0) is 68.7. The van der Waals surface area contributed by atoms with Gasteiger partial charge in [0.15, 0.2) is 5.60 Å². The number of halogens is 1. The second-order valence-electron chi connectivity index (χ2n) is 26.9. The molecule has 0 spiro atoms. The van der Waals surface area contributed by atoms with Crippen molar-refractivity contribution in [3.63, 3.8) is 0 Å². The Morgan fingerprint density at radius 2 is 0.936 bits per heavy atom. The van der Waals surface area contributed by atoms with Crippen LogP contribution in [0.1, 0.15) is 219 Å². The molecule has 0 radical (unpaired) electrons. The maximum atomic E-state index is 14.6. The molecule has 522 valence electrons. The van der Waals surface area contributed by atoms with Crippen LogP contribution in [-0.4, -0.2) is 110 Å². The number of nitrogens with one attached hydrogen (secondary N) is 4. The van der Waals surface area contributed by atoms with Crippen LogP contribution in [0.2, 0.25) is 5.02 Å². The number of alkyl carbamates (subject to hydrolysis) is 1. The van der Waals surface area contributed by atoms with E-state index in [-0.39, 0.29) is 89.5 Å². The number of hydrogen-bond donors (Lipinski definition) is 4. The SMILES string of the molecule is CC(C)(C)OC(=O)[C@H](CCC(=O)NCCOCCOCC(=O)NCCCC[C@H](NC(=O)OCc1ccccc1)C(=O)OC(c1ccccc1)(c1ccccc1)c1ccccc1Cl)NC(=O)CCCCCCCCCCCCCCCCCP(=O)(OC(C)(C)C)OC(C)(C)C. The highest BCUT2D eigenvalue weighted by molar-refractivity contribution is 7.53. The Labute approximate surface area is 566 Å². The van der Waals surface area contributed by atoms with Gasteiger partial charge in [-0.3, -0.25) is 18.9 Å². The number of ether oxygens (including phenoxy) is 5. The molecule has 0 saturated heterocycles. The van der Waals surface area contributed by atoms with Crippen molar-refractivity contribution in [2.75, 3.05) is 45.7 Å². The first-order valence-electron chi connectivity index (χ1n) is 34.1. The molecular weight excluding hydrogens is 1240 g/mol. The van der Waals surface area contributed by atoms with Crippen LogP contribution in [0.15, 0.2) is 115 Å². The molecule has 0 aliphatic carbocycles. The van der Waals surface area contributed by atoms with Crippen molar-refractivity contribution < 1.29 is 66.1 Å². The summed E-state index contributed by atoms with van der Waals surface area (Å²) in [6.45, 7) is 17.5. The number of amides is 4. The minimum absolute atomic E-state index is 0.0112. The average Bonchev–Trinajstić information content (AvgIpc) is 0.749. The van der Waals surface area contributed by atoms with Crippen LogP contribution >= 0.6 is 19.2 Å². The Morgan fingerprint density at radius 1 is 0.457 bits per heavy atom. The first kappa shape index (κ1) is 80.3. The van der Waals surface area contributed by atoms with Crippen molar-refractivity contribution in [1.82, 2.24) is 21.3 Å². The smallest absolute Gasteiger partial charge is 0.408 e. The molecule has 2 atom stereocenters. The van der Waals surface area contributed by atoms with E-state index >= 15 is 0 Å². The van der Waals surface area contributed by atoms with Crippen LogP contribution in [0.25, 0.3) is 0 Å². The number of benzene rings is 4. The van der Waals surface area contributed by atoms with Crippen molar-refractivity contribution in [1.29, 1.82) is 0 Å².